The maximum absolute atomic E-state index is 10.6. The van der Waals surface area contributed by atoms with E-state index in [1.165, 1.54) is 56.9 Å². The fourth-order valence-corrected chi connectivity index (χ4v) is 6.94. The lowest BCUT2D eigenvalue weighted by molar-refractivity contribution is -0.0238. The topological polar surface area (TPSA) is 133 Å². The van der Waals surface area contributed by atoms with Crippen LogP contribution in [0.25, 0.3) is 0 Å². The van der Waals surface area contributed by atoms with Crippen molar-refractivity contribution in [2.45, 2.75) is 138 Å². The minimum absolute atomic E-state index is 0.110. The lowest BCUT2D eigenvalue weighted by atomic mass is 9.83. The number of benzene rings is 1. The quantitative estimate of drug-likeness (QED) is 0.0607. The Morgan fingerprint density at radius 3 is 1.90 bits per heavy atom. The molecule has 0 aliphatic carbocycles. The van der Waals surface area contributed by atoms with E-state index in [1.54, 1.807) is 0 Å². The van der Waals surface area contributed by atoms with Crippen LogP contribution in [0.3, 0.4) is 0 Å². The largest absolute Gasteiger partial charge is 0.491 e. The van der Waals surface area contributed by atoms with Crippen LogP contribution in [0.4, 0.5) is 0 Å². The summed E-state index contributed by atoms with van der Waals surface area (Å²) in [6.07, 6.45) is 12.6. The van der Waals surface area contributed by atoms with Crippen molar-refractivity contribution >= 4 is 7.82 Å². The Morgan fingerprint density at radius 1 is 0.755 bits per heavy atom. The van der Waals surface area contributed by atoms with Crippen molar-refractivity contribution in [3.05, 3.63) is 22.3 Å². The summed E-state index contributed by atoms with van der Waals surface area (Å²) in [5, 5.41) is 9.57. The highest BCUT2D eigenvalue weighted by atomic mass is 31.2. The van der Waals surface area contributed by atoms with Gasteiger partial charge in [-0.1, -0.05) is 72.6 Å². The predicted octanol–water partition coefficient (Wildman–Crippen LogP) is 8.03. The van der Waals surface area contributed by atoms with E-state index in [4.69, 9.17) is 33.5 Å². The molecule has 10 nitrogen and oxygen atoms in total. The summed E-state index contributed by atoms with van der Waals surface area (Å²) in [7, 11) is -4.60. The highest BCUT2D eigenvalue weighted by Gasteiger charge is 2.34. The van der Waals surface area contributed by atoms with Gasteiger partial charge in [0.2, 0.25) is 0 Å². The molecule has 0 fully saturated rings. The predicted molar refractivity (Wildman–Crippen MR) is 195 cm³/mol. The number of ether oxygens (including phenoxy) is 5. The number of phosphoric ester groups is 1. The van der Waals surface area contributed by atoms with E-state index in [0.717, 1.165) is 65.2 Å². The zero-order chi connectivity index (χ0) is 36.5. The minimum atomic E-state index is -4.60. The van der Waals surface area contributed by atoms with Crippen molar-refractivity contribution in [3.8, 4) is 11.5 Å². The van der Waals surface area contributed by atoms with Crippen LogP contribution in [-0.2, 0) is 29.7 Å². The zero-order valence-corrected chi connectivity index (χ0v) is 32.8. The van der Waals surface area contributed by atoms with Crippen molar-refractivity contribution < 1.29 is 47.7 Å². The molecule has 0 spiro atoms. The Bertz CT molecular complexity index is 1120. The van der Waals surface area contributed by atoms with E-state index in [9.17, 15) is 9.67 Å². The molecular weight excluding hydrogens is 647 g/mol. The van der Waals surface area contributed by atoms with Gasteiger partial charge in [-0.3, -0.25) is 4.52 Å². The van der Waals surface area contributed by atoms with E-state index in [2.05, 4.69) is 59.9 Å². The smallest absolute Gasteiger partial charge is 0.469 e. The molecule has 4 atom stereocenters. The highest BCUT2D eigenvalue weighted by molar-refractivity contribution is 7.46. The SMILES string of the molecule is Cc1c(C)c2c(c(C)c1OCCOCCOCCOCC(O)COP(=O)(O)O)CC[C@](C)(CCC[C@@H](C)CCC[C@@H](C)CCCC(C)C)O2. The van der Waals surface area contributed by atoms with E-state index in [1.807, 2.05) is 0 Å². The summed E-state index contributed by atoms with van der Waals surface area (Å²) < 4.78 is 44.3. The Hall–Kier alpha value is -1.23. The molecule has 0 saturated heterocycles. The second-order valence-electron chi connectivity index (χ2n) is 15.0. The van der Waals surface area contributed by atoms with Gasteiger partial charge < -0.3 is 38.6 Å². The van der Waals surface area contributed by atoms with Gasteiger partial charge in [0.15, 0.2) is 0 Å². The molecule has 1 aliphatic heterocycles. The fraction of sp³-hybridized carbons (Fsp3) is 0.842. The molecule has 1 aromatic rings. The van der Waals surface area contributed by atoms with E-state index in [-0.39, 0.29) is 18.8 Å². The first kappa shape index (κ1) is 43.9. The standard InChI is InChI=1S/C38H69O10P/c1-28(2)12-9-13-29(3)14-10-15-30(4)16-11-18-38(8)19-17-35-33(7)36(31(5)32(6)37(35)48-38)46-25-24-44-21-20-43-22-23-45-26-34(39)27-47-49(40,41)42/h28-30,34,39H,9-27H2,1-8H3,(H2,40,41,42)/t29-,30-,34?,38-/m0/s1. The third kappa shape index (κ3) is 17.7. The molecule has 49 heavy (non-hydrogen) atoms. The second kappa shape index (κ2) is 22.7. The molecule has 0 radical (unpaired) electrons. The molecule has 1 aliphatic rings. The van der Waals surface area contributed by atoms with Gasteiger partial charge in [-0.15, -0.1) is 0 Å². The van der Waals surface area contributed by atoms with E-state index < -0.39 is 20.5 Å². The average molecular weight is 717 g/mol. The molecule has 0 aromatic heterocycles. The molecule has 0 saturated carbocycles. The number of fused-ring (bicyclic) bond motifs is 1. The van der Waals surface area contributed by atoms with Gasteiger partial charge >= 0.3 is 7.82 Å². The number of rotatable bonds is 27. The van der Waals surface area contributed by atoms with Crippen molar-refractivity contribution in [3.63, 3.8) is 0 Å². The van der Waals surface area contributed by atoms with Gasteiger partial charge in [0.05, 0.1) is 46.2 Å². The van der Waals surface area contributed by atoms with Crippen molar-refractivity contribution in [2.24, 2.45) is 17.8 Å². The Labute approximate surface area is 297 Å². The summed E-state index contributed by atoms with van der Waals surface area (Å²) >= 11 is 0. The molecule has 3 N–H and O–H groups in total. The maximum Gasteiger partial charge on any atom is 0.469 e. The Morgan fingerprint density at radius 2 is 1.31 bits per heavy atom. The summed E-state index contributed by atoms with van der Waals surface area (Å²) in [5.74, 6) is 4.42. The van der Waals surface area contributed by atoms with Crippen LogP contribution in [0.15, 0.2) is 0 Å². The highest BCUT2D eigenvalue weighted by Crippen LogP contribution is 2.45. The monoisotopic (exact) mass is 716 g/mol. The van der Waals surface area contributed by atoms with Gasteiger partial charge in [0, 0.05) is 5.56 Å². The van der Waals surface area contributed by atoms with Gasteiger partial charge in [-0.05, 0) is 87.8 Å². The normalized spacial score (nSPS) is 18.3. The molecule has 1 unspecified atom stereocenters. The van der Waals surface area contributed by atoms with Crippen LogP contribution in [0.1, 0.15) is 121 Å². The first-order valence-corrected chi connectivity index (χ1v) is 20.2. The molecule has 286 valence electrons. The maximum atomic E-state index is 10.6. The minimum Gasteiger partial charge on any atom is -0.491 e. The number of hydrogen-bond donors (Lipinski definition) is 3. The Balaban J connectivity index is 1.66. The first-order chi connectivity index (χ1) is 23.1. The molecule has 0 amide bonds. The number of aliphatic hydroxyl groups excluding tert-OH is 1. The first-order valence-electron chi connectivity index (χ1n) is 18.7. The molecule has 1 aromatic carbocycles. The third-order valence-electron chi connectivity index (χ3n) is 9.80. The van der Waals surface area contributed by atoms with Crippen LogP contribution in [0.2, 0.25) is 0 Å². The lowest BCUT2D eigenvalue weighted by Crippen LogP contribution is -2.37. The lowest BCUT2D eigenvalue weighted by Gasteiger charge is -2.38. The summed E-state index contributed by atoms with van der Waals surface area (Å²) in [5.41, 5.74) is 4.58. The molecule has 2 rings (SSSR count). The van der Waals surface area contributed by atoms with Crippen LogP contribution >= 0.6 is 7.82 Å². The van der Waals surface area contributed by atoms with Gasteiger partial charge in [-0.2, -0.15) is 0 Å². The van der Waals surface area contributed by atoms with Crippen molar-refractivity contribution in [1.29, 1.82) is 0 Å². The number of aliphatic hydroxyl groups is 1. The van der Waals surface area contributed by atoms with Crippen molar-refractivity contribution in [1.82, 2.24) is 0 Å². The van der Waals surface area contributed by atoms with Crippen LogP contribution in [0, 0.1) is 38.5 Å². The van der Waals surface area contributed by atoms with Gasteiger partial charge in [0.25, 0.3) is 0 Å². The number of hydrogen-bond acceptors (Lipinski definition) is 8. The molecular formula is C38H69O10P. The summed E-state index contributed by atoms with van der Waals surface area (Å²) in [4.78, 5) is 17.3. The summed E-state index contributed by atoms with van der Waals surface area (Å²) in [6, 6.07) is 0. The average Bonchev–Trinajstić information content (AvgIpc) is 3.02. The van der Waals surface area contributed by atoms with Gasteiger partial charge in [0.1, 0.15) is 29.8 Å². The van der Waals surface area contributed by atoms with Crippen LogP contribution < -0.4 is 9.47 Å². The second-order valence-corrected chi connectivity index (χ2v) is 16.2. The summed E-state index contributed by atoms with van der Waals surface area (Å²) in [6.45, 7) is 19.8. The number of phosphoric acid groups is 1. The van der Waals surface area contributed by atoms with E-state index >= 15 is 0 Å². The zero-order valence-electron chi connectivity index (χ0n) is 31.9. The third-order valence-corrected chi connectivity index (χ3v) is 10.3. The van der Waals surface area contributed by atoms with Gasteiger partial charge in [-0.25, -0.2) is 4.57 Å². The molecule has 0 bridgehead atoms. The molecule has 1 heterocycles. The van der Waals surface area contributed by atoms with Crippen LogP contribution in [-0.4, -0.2) is 79.5 Å². The van der Waals surface area contributed by atoms with Crippen LogP contribution in [0.5, 0.6) is 11.5 Å². The Kier molecular flexibility index (Phi) is 20.3. The van der Waals surface area contributed by atoms with E-state index in [0.29, 0.717) is 33.0 Å². The molecule has 11 heteroatoms. The van der Waals surface area contributed by atoms with Crippen molar-refractivity contribution in [2.75, 3.05) is 52.9 Å². The fourth-order valence-electron chi connectivity index (χ4n) is 6.57.